The van der Waals surface area contributed by atoms with Gasteiger partial charge < -0.3 is 5.01 Å². The van der Waals surface area contributed by atoms with Crippen molar-refractivity contribution in [3.05, 3.63) is 45.7 Å². The van der Waals surface area contributed by atoms with Gasteiger partial charge in [-0.25, -0.2) is 0 Å². The fraction of sp³-hybridized carbons (Fsp3) is 0.412. The Hall–Kier alpha value is -2.10. The van der Waals surface area contributed by atoms with Gasteiger partial charge in [0.2, 0.25) is 0 Å². The molecule has 1 aromatic heterocycles. The highest BCUT2D eigenvalue weighted by atomic mass is 16.1. The predicted octanol–water partition coefficient (Wildman–Crippen LogP) is 2.74. The normalized spacial score (nSPS) is 10.9. The van der Waals surface area contributed by atoms with Crippen molar-refractivity contribution in [2.24, 2.45) is 0 Å². The minimum Gasteiger partial charge on any atom is -0.319 e. The van der Waals surface area contributed by atoms with Crippen molar-refractivity contribution in [1.29, 1.82) is 0 Å². The van der Waals surface area contributed by atoms with Crippen LogP contribution in [0.1, 0.15) is 42.6 Å². The van der Waals surface area contributed by atoms with E-state index in [4.69, 9.17) is 0 Å². The average Bonchev–Trinajstić information content (AvgIpc) is 2.45. The number of rotatable bonds is 5. The van der Waals surface area contributed by atoms with Gasteiger partial charge in [-0.05, 0) is 37.5 Å². The fourth-order valence-corrected chi connectivity index (χ4v) is 2.48. The van der Waals surface area contributed by atoms with Crippen LogP contribution >= 0.6 is 0 Å². The van der Waals surface area contributed by atoms with E-state index in [1.807, 2.05) is 35.9 Å². The Bertz CT molecular complexity index is 729. The fourth-order valence-electron chi connectivity index (χ4n) is 2.48. The van der Waals surface area contributed by atoms with E-state index in [2.05, 4.69) is 13.0 Å². The molecule has 21 heavy (non-hydrogen) atoms. The van der Waals surface area contributed by atoms with Crippen molar-refractivity contribution in [1.82, 2.24) is 4.68 Å². The summed E-state index contributed by atoms with van der Waals surface area (Å²) in [5.74, 6) is -0.198. The molecule has 2 rings (SSSR count). The Balaban J connectivity index is 2.73. The summed E-state index contributed by atoms with van der Waals surface area (Å²) in [6.07, 6.45) is 4.80. The molecule has 0 aliphatic carbocycles. The molecule has 112 valence electrons. The van der Waals surface area contributed by atoms with Crippen LogP contribution in [0.4, 0.5) is 0 Å². The molecule has 0 fully saturated rings. The maximum atomic E-state index is 12.5. The molecule has 1 aromatic carbocycles. The zero-order chi connectivity index (χ0) is 15.6. The van der Waals surface area contributed by atoms with Gasteiger partial charge in [0.25, 0.3) is 0 Å². The number of hydrogen-bond acceptors (Lipinski definition) is 3. The van der Waals surface area contributed by atoms with Gasteiger partial charge in [-0.3, -0.25) is 14.3 Å². The van der Waals surface area contributed by atoms with Crippen LogP contribution in [0.3, 0.4) is 0 Å². The number of carbonyl (C=O) groups is 1. The summed E-state index contributed by atoms with van der Waals surface area (Å²) in [4.78, 5) is 24.2. The molecule has 0 saturated heterocycles. The SMILES string of the molecule is CCCCc1ccc2c(c1)c(=O)c(C(C)=O)cn2N(C)C. The second-order valence-electron chi connectivity index (χ2n) is 5.57. The first-order valence-corrected chi connectivity index (χ1v) is 7.32. The van der Waals surface area contributed by atoms with Gasteiger partial charge >= 0.3 is 0 Å². The molecule has 1 heterocycles. The minimum atomic E-state index is -0.198. The molecule has 4 heteroatoms. The topological polar surface area (TPSA) is 42.3 Å². The summed E-state index contributed by atoms with van der Waals surface area (Å²) >= 11 is 0. The Labute approximate surface area is 125 Å². The zero-order valence-electron chi connectivity index (χ0n) is 13.1. The number of benzene rings is 1. The minimum absolute atomic E-state index is 0.172. The van der Waals surface area contributed by atoms with E-state index < -0.39 is 0 Å². The van der Waals surface area contributed by atoms with Gasteiger partial charge in [-0.1, -0.05) is 19.4 Å². The highest BCUT2D eigenvalue weighted by molar-refractivity contribution is 5.97. The van der Waals surface area contributed by atoms with E-state index in [9.17, 15) is 9.59 Å². The molecular formula is C17H22N2O2. The van der Waals surface area contributed by atoms with Crippen molar-refractivity contribution in [2.45, 2.75) is 33.1 Å². The number of ketones is 1. The van der Waals surface area contributed by atoms with Gasteiger partial charge in [0.05, 0.1) is 11.1 Å². The lowest BCUT2D eigenvalue weighted by atomic mass is 10.0. The Morgan fingerprint density at radius 1 is 1.29 bits per heavy atom. The second kappa shape index (κ2) is 6.12. The number of pyridine rings is 1. The lowest BCUT2D eigenvalue weighted by Gasteiger charge is -2.20. The number of hydrogen-bond donors (Lipinski definition) is 0. The van der Waals surface area contributed by atoms with Gasteiger partial charge in [0, 0.05) is 25.7 Å². The smallest absolute Gasteiger partial charge is 0.200 e. The monoisotopic (exact) mass is 286 g/mol. The third-order valence-corrected chi connectivity index (χ3v) is 3.68. The van der Waals surface area contributed by atoms with Crippen LogP contribution in [0, 0.1) is 0 Å². The maximum Gasteiger partial charge on any atom is 0.200 e. The molecule has 0 spiro atoms. The van der Waals surface area contributed by atoms with E-state index in [1.165, 1.54) is 6.92 Å². The van der Waals surface area contributed by atoms with Crippen molar-refractivity contribution in [3.63, 3.8) is 0 Å². The van der Waals surface area contributed by atoms with E-state index in [0.717, 1.165) is 30.3 Å². The molecular weight excluding hydrogens is 264 g/mol. The Morgan fingerprint density at radius 3 is 2.57 bits per heavy atom. The summed E-state index contributed by atoms with van der Waals surface area (Å²) in [6.45, 7) is 3.58. The van der Waals surface area contributed by atoms with Gasteiger partial charge in [0.1, 0.15) is 0 Å². The molecule has 0 saturated carbocycles. The van der Waals surface area contributed by atoms with Crippen LogP contribution in [0.25, 0.3) is 10.9 Å². The summed E-state index contributed by atoms with van der Waals surface area (Å²) in [7, 11) is 3.78. The lowest BCUT2D eigenvalue weighted by Crippen LogP contribution is -2.29. The third-order valence-electron chi connectivity index (χ3n) is 3.68. The standard InChI is InChI=1S/C17H22N2O2/c1-5-6-7-13-8-9-16-14(10-13)17(21)15(12(2)20)11-19(16)18(3)4/h8-11H,5-7H2,1-4H3. The van der Waals surface area contributed by atoms with Gasteiger partial charge in [0.15, 0.2) is 11.2 Å². The van der Waals surface area contributed by atoms with E-state index in [1.54, 1.807) is 6.20 Å². The molecule has 2 aromatic rings. The number of carbonyl (C=O) groups excluding carboxylic acids is 1. The molecule has 0 radical (unpaired) electrons. The van der Waals surface area contributed by atoms with E-state index >= 15 is 0 Å². The van der Waals surface area contributed by atoms with Crippen LogP contribution in [0.2, 0.25) is 0 Å². The first-order chi connectivity index (χ1) is 9.95. The van der Waals surface area contributed by atoms with Crippen LogP contribution in [0.5, 0.6) is 0 Å². The van der Waals surface area contributed by atoms with Crippen LogP contribution in [0.15, 0.2) is 29.2 Å². The molecule has 0 aliphatic rings. The average molecular weight is 286 g/mol. The number of nitrogens with zero attached hydrogens (tertiary/aromatic N) is 2. The Morgan fingerprint density at radius 2 is 2.00 bits per heavy atom. The van der Waals surface area contributed by atoms with Crippen LogP contribution in [-0.4, -0.2) is 24.6 Å². The number of Topliss-reactive ketones (excluding diaryl/α,β-unsaturated/α-hetero) is 1. The summed E-state index contributed by atoms with van der Waals surface area (Å²) in [5.41, 5.74) is 2.04. The number of unbranched alkanes of at least 4 members (excludes halogenated alkanes) is 1. The summed E-state index contributed by atoms with van der Waals surface area (Å²) in [5, 5.41) is 2.48. The lowest BCUT2D eigenvalue weighted by molar-refractivity contribution is 0.101. The zero-order valence-corrected chi connectivity index (χ0v) is 13.1. The molecule has 0 aliphatic heterocycles. The Kier molecular flexibility index (Phi) is 4.46. The molecule has 0 amide bonds. The number of aryl methyl sites for hydroxylation is 1. The predicted molar refractivity (Wildman–Crippen MR) is 86.9 cm³/mol. The maximum absolute atomic E-state index is 12.5. The van der Waals surface area contributed by atoms with Gasteiger partial charge in [-0.15, -0.1) is 0 Å². The van der Waals surface area contributed by atoms with Gasteiger partial charge in [-0.2, -0.15) is 0 Å². The summed E-state index contributed by atoms with van der Waals surface area (Å²) < 4.78 is 1.84. The van der Waals surface area contributed by atoms with Crippen LogP contribution < -0.4 is 10.4 Å². The van der Waals surface area contributed by atoms with Crippen molar-refractivity contribution in [2.75, 3.05) is 19.1 Å². The number of fused-ring (bicyclic) bond motifs is 1. The summed E-state index contributed by atoms with van der Waals surface area (Å²) in [6, 6.07) is 5.95. The second-order valence-corrected chi connectivity index (χ2v) is 5.57. The highest BCUT2D eigenvalue weighted by Gasteiger charge is 2.13. The quantitative estimate of drug-likeness (QED) is 0.794. The molecule has 0 bridgehead atoms. The van der Waals surface area contributed by atoms with Crippen molar-refractivity contribution < 1.29 is 4.79 Å². The molecule has 0 atom stereocenters. The first-order valence-electron chi connectivity index (χ1n) is 7.32. The third kappa shape index (κ3) is 2.99. The van der Waals surface area contributed by atoms with E-state index in [0.29, 0.717) is 5.39 Å². The molecule has 4 nitrogen and oxygen atoms in total. The molecule has 0 unspecified atom stereocenters. The van der Waals surface area contributed by atoms with Crippen LogP contribution in [-0.2, 0) is 6.42 Å². The number of aromatic nitrogens is 1. The van der Waals surface area contributed by atoms with Crippen molar-refractivity contribution >= 4 is 16.7 Å². The highest BCUT2D eigenvalue weighted by Crippen LogP contribution is 2.16. The van der Waals surface area contributed by atoms with Crippen molar-refractivity contribution in [3.8, 4) is 0 Å². The largest absolute Gasteiger partial charge is 0.319 e. The molecule has 0 N–H and O–H groups in total. The van der Waals surface area contributed by atoms with E-state index in [-0.39, 0.29) is 16.8 Å². The first kappa shape index (κ1) is 15.3.